The Bertz CT molecular complexity index is 1490. The molecular weight excluding hydrogens is 622 g/mol. The Morgan fingerprint density at radius 2 is 1.72 bits per heavy atom. The molecule has 1 N–H and O–H groups in total. The van der Waals surface area contributed by atoms with Gasteiger partial charge in [0.05, 0.1) is 12.6 Å². The van der Waals surface area contributed by atoms with Gasteiger partial charge in [0, 0.05) is 35.2 Å². The maximum absolute atomic E-state index is 14.1. The standard InChI is InChI=1S/C37H43ClF2N4O3/c1-3-37(39,40)30-16-20-32(21-17-30)41-25-47-26-43-34-23-29(13-9-8-12-27-10-6-5-7-11-27)36(46)33(22-28-14-18-31(38)19-15-28)44(34)35(45)24-42(43)4-2/h3,5-7,10-11,14-21,29,33-34,41H,1,4,8-9,12-13,22-26H2,2H3. The van der Waals surface area contributed by atoms with Gasteiger partial charge in [-0.2, -0.15) is 13.8 Å². The number of fused-ring (bicyclic) bond motifs is 1. The summed E-state index contributed by atoms with van der Waals surface area (Å²) in [6, 6.07) is 23.1. The molecule has 3 aromatic rings. The third-order valence-corrected chi connectivity index (χ3v) is 9.39. The van der Waals surface area contributed by atoms with Crippen LogP contribution in [0.1, 0.15) is 49.3 Å². The number of Topliss-reactive ketones (excluding diaryl/α,β-unsaturated/α-hetero) is 1. The average Bonchev–Trinajstić information content (AvgIpc) is 3.08. The smallest absolute Gasteiger partial charge is 0.291 e. The molecule has 0 aromatic heterocycles. The summed E-state index contributed by atoms with van der Waals surface area (Å²) in [5.74, 6) is -3.25. The maximum Gasteiger partial charge on any atom is 0.291 e. The zero-order valence-electron chi connectivity index (χ0n) is 26.8. The summed E-state index contributed by atoms with van der Waals surface area (Å²) in [5.41, 5.74) is 2.74. The number of alkyl halides is 2. The van der Waals surface area contributed by atoms with Gasteiger partial charge in [-0.05, 0) is 67.2 Å². The molecule has 0 spiro atoms. The summed E-state index contributed by atoms with van der Waals surface area (Å²) in [4.78, 5) is 29.5. The number of halogens is 3. The SMILES string of the molecule is C=CC(F)(F)c1ccc(NCOCN2C3CC(CCCCc4ccccc4)C(=O)C(Cc4ccc(Cl)cc4)N3C(=O)CN2CC)cc1. The van der Waals surface area contributed by atoms with Crippen molar-refractivity contribution < 1.29 is 23.1 Å². The Morgan fingerprint density at radius 1 is 1.00 bits per heavy atom. The summed E-state index contributed by atoms with van der Waals surface area (Å²) in [6.45, 7) is 6.26. The molecule has 0 saturated carbocycles. The number of carbonyl (C=O) groups is 2. The molecule has 2 saturated heterocycles. The average molecular weight is 665 g/mol. The fourth-order valence-corrected chi connectivity index (χ4v) is 6.68. The van der Waals surface area contributed by atoms with E-state index in [0.717, 1.165) is 31.2 Å². The second-order valence-corrected chi connectivity index (χ2v) is 12.6. The quantitative estimate of drug-likeness (QED) is 0.105. The number of likely N-dealkylation sites (N-methyl/N-ethyl adjacent to an activating group) is 1. The van der Waals surface area contributed by atoms with Gasteiger partial charge in [0.2, 0.25) is 5.91 Å². The number of aryl methyl sites for hydroxylation is 1. The Morgan fingerprint density at radius 3 is 2.40 bits per heavy atom. The summed E-state index contributed by atoms with van der Waals surface area (Å²) in [5, 5.41) is 7.79. The van der Waals surface area contributed by atoms with Gasteiger partial charge >= 0.3 is 0 Å². The highest BCUT2D eigenvalue weighted by Crippen LogP contribution is 2.35. The third kappa shape index (κ3) is 8.65. The minimum absolute atomic E-state index is 0.0718. The Kier molecular flexibility index (Phi) is 11.8. The monoisotopic (exact) mass is 664 g/mol. The fraction of sp³-hybridized carbons (Fsp3) is 0.405. The number of unbranched alkanes of at least 4 members (excludes halogenated alkanes) is 1. The number of amides is 1. The van der Waals surface area contributed by atoms with Crippen LogP contribution in [0.4, 0.5) is 14.5 Å². The van der Waals surface area contributed by atoms with Crippen LogP contribution in [-0.2, 0) is 33.1 Å². The van der Waals surface area contributed by atoms with Gasteiger partial charge in [0.25, 0.3) is 5.92 Å². The number of hydrogen-bond acceptors (Lipinski definition) is 6. The number of ether oxygens (including phenoxy) is 1. The minimum atomic E-state index is -3.09. The van der Waals surface area contributed by atoms with Gasteiger partial charge in [-0.15, -0.1) is 0 Å². The van der Waals surface area contributed by atoms with Crippen LogP contribution in [0.25, 0.3) is 0 Å². The number of hydrazine groups is 1. The number of piperidine rings is 1. The van der Waals surface area contributed by atoms with Gasteiger partial charge in [-0.3, -0.25) is 9.59 Å². The van der Waals surface area contributed by atoms with Gasteiger partial charge < -0.3 is 15.0 Å². The van der Waals surface area contributed by atoms with Crippen molar-refractivity contribution in [2.24, 2.45) is 5.92 Å². The highest BCUT2D eigenvalue weighted by Gasteiger charge is 2.50. The lowest BCUT2D eigenvalue weighted by Crippen LogP contribution is -2.71. The normalized spacial score (nSPS) is 20.7. The first-order valence-electron chi connectivity index (χ1n) is 16.3. The third-order valence-electron chi connectivity index (χ3n) is 9.14. The molecular formula is C37H43ClF2N4O3. The topological polar surface area (TPSA) is 65.1 Å². The largest absolute Gasteiger partial charge is 0.363 e. The van der Waals surface area contributed by atoms with E-state index < -0.39 is 12.0 Å². The van der Waals surface area contributed by atoms with Crippen molar-refractivity contribution in [2.75, 3.05) is 31.9 Å². The van der Waals surface area contributed by atoms with E-state index in [4.69, 9.17) is 16.3 Å². The van der Waals surface area contributed by atoms with Gasteiger partial charge in [-0.25, -0.2) is 5.01 Å². The van der Waals surface area contributed by atoms with Crippen molar-refractivity contribution in [2.45, 2.75) is 63.6 Å². The van der Waals surface area contributed by atoms with E-state index in [0.29, 0.717) is 36.2 Å². The number of nitrogens with one attached hydrogen (secondary N) is 1. The van der Waals surface area contributed by atoms with Crippen LogP contribution < -0.4 is 5.32 Å². The van der Waals surface area contributed by atoms with E-state index in [2.05, 4.69) is 29.0 Å². The zero-order chi connectivity index (χ0) is 33.4. The van der Waals surface area contributed by atoms with Crippen molar-refractivity contribution in [3.63, 3.8) is 0 Å². The summed E-state index contributed by atoms with van der Waals surface area (Å²) in [7, 11) is 0. The number of rotatable bonds is 15. The van der Waals surface area contributed by atoms with Crippen molar-refractivity contribution >= 4 is 29.0 Å². The second kappa shape index (κ2) is 16.0. The number of nitrogens with zero attached hydrogens (tertiary/aromatic N) is 3. The molecule has 3 unspecified atom stereocenters. The summed E-state index contributed by atoms with van der Waals surface area (Å²) >= 11 is 6.14. The number of hydrogen-bond donors (Lipinski definition) is 1. The van der Waals surface area contributed by atoms with Crippen LogP contribution in [0.15, 0.2) is 91.5 Å². The summed E-state index contributed by atoms with van der Waals surface area (Å²) in [6.07, 6.45) is 4.83. The van der Waals surface area contributed by atoms with E-state index in [1.165, 1.54) is 17.7 Å². The zero-order valence-corrected chi connectivity index (χ0v) is 27.5. The number of benzene rings is 3. The molecule has 0 radical (unpaired) electrons. The van der Waals surface area contributed by atoms with Crippen LogP contribution in [0, 0.1) is 5.92 Å². The molecule has 2 aliphatic heterocycles. The molecule has 10 heteroatoms. The summed E-state index contributed by atoms with van der Waals surface area (Å²) < 4.78 is 33.9. The highest BCUT2D eigenvalue weighted by atomic mass is 35.5. The van der Waals surface area contributed by atoms with E-state index >= 15 is 0 Å². The Hall–Kier alpha value is -3.63. The van der Waals surface area contributed by atoms with E-state index in [1.807, 2.05) is 54.4 Å². The molecule has 7 nitrogen and oxygen atoms in total. The number of carbonyl (C=O) groups excluding carboxylic acids is 2. The Balaban J connectivity index is 1.29. The van der Waals surface area contributed by atoms with Gasteiger partial charge in [-0.1, -0.05) is 86.1 Å². The first kappa shape index (κ1) is 34.7. The lowest BCUT2D eigenvalue weighted by Gasteiger charge is -2.54. The van der Waals surface area contributed by atoms with Crippen molar-refractivity contribution in [1.82, 2.24) is 14.9 Å². The van der Waals surface area contributed by atoms with Crippen molar-refractivity contribution in [3.05, 3.63) is 113 Å². The molecule has 2 aliphatic rings. The molecule has 250 valence electrons. The van der Waals surface area contributed by atoms with Gasteiger partial charge in [0.15, 0.2) is 5.78 Å². The molecule has 3 atom stereocenters. The number of allylic oxidation sites excluding steroid dienone is 1. The molecule has 2 heterocycles. The lowest BCUT2D eigenvalue weighted by molar-refractivity contribution is -0.218. The van der Waals surface area contributed by atoms with Crippen LogP contribution in [-0.4, -0.2) is 65.4 Å². The minimum Gasteiger partial charge on any atom is -0.363 e. The van der Waals surface area contributed by atoms with E-state index in [1.54, 1.807) is 17.0 Å². The maximum atomic E-state index is 14.1. The highest BCUT2D eigenvalue weighted by molar-refractivity contribution is 6.30. The van der Waals surface area contributed by atoms with Crippen LogP contribution >= 0.6 is 11.6 Å². The predicted octanol–water partition coefficient (Wildman–Crippen LogP) is 7.28. The molecule has 2 fully saturated rings. The first-order valence-corrected chi connectivity index (χ1v) is 16.7. The molecule has 0 bridgehead atoms. The fourth-order valence-electron chi connectivity index (χ4n) is 6.55. The molecule has 47 heavy (non-hydrogen) atoms. The van der Waals surface area contributed by atoms with E-state index in [9.17, 15) is 18.4 Å². The van der Waals surface area contributed by atoms with Gasteiger partial charge in [0.1, 0.15) is 19.6 Å². The number of ketones is 1. The first-order chi connectivity index (χ1) is 22.7. The van der Waals surface area contributed by atoms with Crippen molar-refractivity contribution in [3.8, 4) is 0 Å². The molecule has 0 aliphatic carbocycles. The lowest BCUT2D eigenvalue weighted by atomic mass is 9.81. The van der Waals surface area contributed by atoms with E-state index in [-0.39, 0.29) is 49.3 Å². The van der Waals surface area contributed by atoms with Crippen LogP contribution in [0.2, 0.25) is 5.02 Å². The van der Waals surface area contributed by atoms with Crippen LogP contribution in [0.5, 0.6) is 0 Å². The van der Waals surface area contributed by atoms with Crippen LogP contribution in [0.3, 0.4) is 0 Å². The predicted molar refractivity (Wildman–Crippen MR) is 181 cm³/mol. The number of anilines is 1. The molecule has 5 rings (SSSR count). The second-order valence-electron chi connectivity index (χ2n) is 12.2. The molecule has 1 amide bonds. The van der Waals surface area contributed by atoms with Crippen molar-refractivity contribution in [1.29, 1.82) is 0 Å². The Labute approximate surface area is 281 Å². The molecule has 3 aromatic carbocycles.